The Morgan fingerprint density at radius 2 is 2.10 bits per heavy atom. The van der Waals surface area contributed by atoms with E-state index in [9.17, 15) is 0 Å². The molecule has 1 aromatic rings. The minimum absolute atomic E-state index is 0.462. The van der Waals surface area contributed by atoms with Gasteiger partial charge in [-0.1, -0.05) is 35.7 Å². The summed E-state index contributed by atoms with van der Waals surface area (Å²) >= 11 is 12.1. The number of halogens is 2. The summed E-state index contributed by atoms with van der Waals surface area (Å²) in [5.41, 5.74) is 1.08. The summed E-state index contributed by atoms with van der Waals surface area (Å²) in [5, 5.41) is 1.000. The van der Waals surface area contributed by atoms with Gasteiger partial charge in [-0.25, -0.2) is 4.98 Å². The third kappa shape index (κ3) is 3.11. The molecule has 0 aliphatic carbocycles. The Morgan fingerprint density at radius 3 is 2.90 bits per heavy atom. The Hall–Kier alpha value is -0.350. The van der Waals surface area contributed by atoms with Crippen LogP contribution in [0.15, 0.2) is 12.1 Å². The van der Waals surface area contributed by atoms with Crippen LogP contribution in [-0.4, -0.2) is 46.5 Å². The van der Waals surface area contributed by atoms with Crippen molar-refractivity contribution in [1.82, 2.24) is 14.8 Å². The second kappa shape index (κ2) is 6.18. The molecular formula is C15H21Cl2N3. The van der Waals surface area contributed by atoms with E-state index in [1.165, 1.54) is 32.4 Å². The van der Waals surface area contributed by atoms with E-state index in [4.69, 9.17) is 23.2 Å². The molecule has 110 valence electrons. The molecule has 1 aromatic heterocycles. The smallest absolute Gasteiger partial charge is 0.135 e. The lowest BCUT2D eigenvalue weighted by atomic mass is 9.97. The van der Waals surface area contributed by atoms with Gasteiger partial charge in [0.15, 0.2) is 0 Å². The van der Waals surface area contributed by atoms with Gasteiger partial charge in [-0.2, -0.15) is 0 Å². The number of aromatic nitrogens is 1. The molecule has 3 rings (SSSR count). The molecule has 3 nitrogen and oxygen atoms in total. The summed E-state index contributed by atoms with van der Waals surface area (Å²) in [6.07, 6.45) is 4.05. The quantitative estimate of drug-likeness (QED) is 0.780. The van der Waals surface area contributed by atoms with E-state index in [0.717, 1.165) is 24.7 Å². The molecule has 2 fully saturated rings. The number of rotatable bonds is 2. The molecule has 5 heteroatoms. The molecule has 0 saturated carbocycles. The zero-order valence-electron chi connectivity index (χ0n) is 11.9. The maximum atomic E-state index is 6.20. The second-order valence-corrected chi connectivity index (χ2v) is 6.75. The van der Waals surface area contributed by atoms with E-state index in [1.54, 1.807) is 0 Å². The predicted octanol–water partition coefficient (Wildman–Crippen LogP) is 3.45. The molecule has 0 spiro atoms. The Morgan fingerprint density at radius 1 is 1.25 bits per heavy atom. The minimum Gasteiger partial charge on any atom is -0.298 e. The van der Waals surface area contributed by atoms with Gasteiger partial charge < -0.3 is 0 Å². The van der Waals surface area contributed by atoms with Crippen molar-refractivity contribution in [2.75, 3.05) is 19.6 Å². The number of piperidine rings is 1. The van der Waals surface area contributed by atoms with E-state index >= 15 is 0 Å². The zero-order chi connectivity index (χ0) is 14.1. The Balaban J connectivity index is 1.70. The maximum Gasteiger partial charge on any atom is 0.135 e. The van der Waals surface area contributed by atoms with Crippen LogP contribution in [0.2, 0.25) is 10.3 Å². The fraction of sp³-hybridized carbons (Fsp3) is 0.667. The maximum absolute atomic E-state index is 6.20. The van der Waals surface area contributed by atoms with E-state index < -0.39 is 0 Å². The molecule has 2 aliphatic heterocycles. The molecule has 2 aliphatic rings. The molecule has 3 heterocycles. The molecule has 0 amide bonds. The summed E-state index contributed by atoms with van der Waals surface area (Å²) in [7, 11) is 0. The fourth-order valence-corrected chi connectivity index (χ4v) is 3.82. The summed E-state index contributed by atoms with van der Waals surface area (Å²) in [4.78, 5) is 9.33. The van der Waals surface area contributed by atoms with Crippen LogP contribution in [0.4, 0.5) is 0 Å². The van der Waals surface area contributed by atoms with Crippen molar-refractivity contribution in [3.05, 3.63) is 28.0 Å². The first-order valence-electron chi connectivity index (χ1n) is 7.42. The Kier molecular flexibility index (Phi) is 4.51. The number of nitrogens with zero attached hydrogens (tertiary/aromatic N) is 3. The van der Waals surface area contributed by atoms with Crippen molar-refractivity contribution < 1.29 is 0 Å². The van der Waals surface area contributed by atoms with Crippen LogP contribution >= 0.6 is 23.2 Å². The lowest BCUT2D eigenvalue weighted by molar-refractivity contribution is 0.0110. The largest absolute Gasteiger partial charge is 0.298 e. The minimum atomic E-state index is 0.462. The van der Waals surface area contributed by atoms with Crippen molar-refractivity contribution in [3.8, 4) is 0 Å². The molecule has 2 atom stereocenters. The van der Waals surface area contributed by atoms with Gasteiger partial charge in [-0.3, -0.25) is 9.80 Å². The van der Waals surface area contributed by atoms with Gasteiger partial charge in [0.1, 0.15) is 10.3 Å². The standard InChI is InChI=1S/C15H21Cl2N3/c1-11-8-19-7-3-2-4-13(19)10-20(11)9-12-5-6-14(16)18-15(12)17/h5-6,11,13H,2-4,7-10H2,1H3. The molecule has 0 radical (unpaired) electrons. The van der Waals surface area contributed by atoms with Gasteiger partial charge in [0, 0.05) is 37.3 Å². The van der Waals surface area contributed by atoms with E-state index in [1.807, 2.05) is 12.1 Å². The van der Waals surface area contributed by atoms with Gasteiger partial charge in [0.2, 0.25) is 0 Å². The van der Waals surface area contributed by atoms with E-state index in [2.05, 4.69) is 21.7 Å². The average Bonchev–Trinajstić information content (AvgIpc) is 2.42. The number of hydrogen-bond acceptors (Lipinski definition) is 3. The van der Waals surface area contributed by atoms with Gasteiger partial charge in [0.25, 0.3) is 0 Å². The van der Waals surface area contributed by atoms with Gasteiger partial charge in [-0.15, -0.1) is 0 Å². The SMILES string of the molecule is CC1CN2CCCCC2CN1Cc1ccc(Cl)nc1Cl. The van der Waals surface area contributed by atoms with Gasteiger partial charge in [-0.05, 0) is 32.4 Å². The topological polar surface area (TPSA) is 19.4 Å². The summed E-state index contributed by atoms with van der Waals surface area (Å²) in [6, 6.07) is 5.11. The zero-order valence-corrected chi connectivity index (χ0v) is 13.4. The van der Waals surface area contributed by atoms with Crippen molar-refractivity contribution in [2.45, 2.75) is 44.8 Å². The van der Waals surface area contributed by atoms with Crippen LogP contribution in [0.5, 0.6) is 0 Å². The molecule has 20 heavy (non-hydrogen) atoms. The number of piperazine rings is 1. The van der Waals surface area contributed by atoms with Crippen LogP contribution in [0, 0.1) is 0 Å². The van der Waals surface area contributed by atoms with Crippen molar-refractivity contribution in [3.63, 3.8) is 0 Å². The van der Waals surface area contributed by atoms with Crippen LogP contribution in [0.3, 0.4) is 0 Å². The van der Waals surface area contributed by atoms with Gasteiger partial charge >= 0.3 is 0 Å². The normalized spacial score (nSPS) is 28.4. The van der Waals surface area contributed by atoms with Crippen molar-refractivity contribution >= 4 is 23.2 Å². The fourth-order valence-electron chi connectivity index (χ4n) is 3.41. The summed E-state index contributed by atoms with van der Waals surface area (Å²) in [5.74, 6) is 0. The number of pyridine rings is 1. The van der Waals surface area contributed by atoms with E-state index in [0.29, 0.717) is 16.3 Å². The first-order valence-corrected chi connectivity index (χ1v) is 8.18. The highest BCUT2D eigenvalue weighted by atomic mass is 35.5. The molecule has 0 bridgehead atoms. The van der Waals surface area contributed by atoms with Crippen LogP contribution in [0.25, 0.3) is 0 Å². The average molecular weight is 314 g/mol. The molecule has 2 saturated heterocycles. The van der Waals surface area contributed by atoms with Crippen molar-refractivity contribution in [1.29, 1.82) is 0 Å². The Bertz CT molecular complexity index is 480. The lowest BCUT2D eigenvalue weighted by Gasteiger charge is -2.47. The highest BCUT2D eigenvalue weighted by Crippen LogP contribution is 2.26. The first kappa shape index (κ1) is 14.6. The molecular weight excluding hydrogens is 293 g/mol. The summed E-state index contributed by atoms with van der Waals surface area (Å²) in [6.45, 7) is 6.76. The van der Waals surface area contributed by atoms with Crippen LogP contribution in [-0.2, 0) is 6.54 Å². The van der Waals surface area contributed by atoms with Crippen LogP contribution in [0.1, 0.15) is 31.7 Å². The third-order valence-corrected chi connectivity index (χ3v) is 5.12. The molecule has 0 N–H and O–H groups in total. The van der Waals surface area contributed by atoms with Crippen LogP contribution < -0.4 is 0 Å². The highest BCUT2D eigenvalue weighted by molar-refractivity contribution is 6.32. The second-order valence-electron chi connectivity index (χ2n) is 6.01. The Labute approximate surface area is 130 Å². The number of fused-ring (bicyclic) bond motifs is 1. The van der Waals surface area contributed by atoms with Crippen molar-refractivity contribution in [2.24, 2.45) is 0 Å². The lowest BCUT2D eigenvalue weighted by Crippen LogP contribution is -2.58. The monoisotopic (exact) mass is 313 g/mol. The van der Waals surface area contributed by atoms with Gasteiger partial charge in [0.05, 0.1) is 0 Å². The summed E-state index contributed by atoms with van der Waals surface area (Å²) < 4.78 is 0. The first-order chi connectivity index (χ1) is 9.63. The third-order valence-electron chi connectivity index (χ3n) is 4.58. The predicted molar refractivity (Wildman–Crippen MR) is 83.3 cm³/mol. The molecule has 0 aromatic carbocycles. The van der Waals surface area contributed by atoms with E-state index in [-0.39, 0.29) is 0 Å². The number of hydrogen-bond donors (Lipinski definition) is 0. The highest BCUT2D eigenvalue weighted by Gasteiger charge is 2.32. The molecule has 2 unspecified atom stereocenters.